The Bertz CT molecular complexity index is 323. The van der Waals surface area contributed by atoms with Crippen molar-refractivity contribution in [2.24, 2.45) is 5.92 Å². The smallest absolute Gasteiger partial charge is 0.122 e. The Labute approximate surface area is 99.4 Å². The topological polar surface area (TPSA) is 29.5 Å². The van der Waals surface area contributed by atoms with Gasteiger partial charge in [0.05, 0.1) is 13.2 Å². The summed E-state index contributed by atoms with van der Waals surface area (Å²) in [6.45, 7) is 4.02. The van der Waals surface area contributed by atoms with E-state index in [-0.39, 0.29) is 12.0 Å². The predicted octanol–water partition coefficient (Wildman–Crippen LogP) is 3.02. The lowest BCUT2D eigenvalue weighted by molar-refractivity contribution is 0.125. The van der Waals surface area contributed by atoms with Crippen LogP contribution in [0.15, 0.2) is 22.7 Å². The summed E-state index contributed by atoms with van der Waals surface area (Å²) in [4.78, 5) is 0. The molecule has 0 heterocycles. The Morgan fingerprint density at radius 3 is 2.60 bits per heavy atom. The van der Waals surface area contributed by atoms with Crippen LogP contribution >= 0.6 is 15.9 Å². The monoisotopic (exact) mass is 272 g/mol. The third-order valence-corrected chi connectivity index (χ3v) is 2.93. The fourth-order valence-corrected chi connectivity index (χ4v) is 1.78. The molecule has 1 unspecified atom stereocenters. The maximum absolute atomic E-state index is 9.82. The van der Waals surface area contributed by atoms with Gasteiger partial charge in [-0.15, -0.1) is 0 Å². The van der Waals surface area contributed by atoms with Crippen molar-refractivity contribution in [1.82, 2.24) is 0 Å². The number of ether oxygens (including phenoxy) is 1. The lowest BCUT2D eigenvalue weighted by Crippen LogP contribution is -2.18. The first-order valence-electron chi connectivity index (χ1n) is 5.05. The van der Waals surface area contributed by atoms with Crippen LogP contribution in [0.25, 0.3) is 0 Å². The van der Waals surface area contributed by atoms with Crippen molar-refractivity contribution in [3.63, 3.8) is 0 Å². The zero-order chi connectivity index (χ0) is 11.4. The van der Waals surface area contributed by atoms with E-state index in [1.54, 1.807) is 7.11 Å². The molecule has 0 saturated heterocycles. The van der Waals surface area contributed by atoms with Gasteiger partial charge in [0.2, 0.25) is 0 Å². The molecule has 0 saturated carbocycles. The summed E-state index contributed by atoms with van der Waals surface area (Å²) in [6.07, 6.45) is 0.300. The first kappa shape index (κ1) is 12.5. The van der Waals surface area contributed by atoms with Crippen LogP contribution in [0.4, 0.5) is 0 Å². The number of aliphatic hydroxyl groups excluding tert-OH is 1. The SMILES string of the molecule is COc1ccc(Br)cc1CC(O)C(C)C. The molecule has 0 aliphatic rings. The average Bonchev–Trinajstić information content (AvgIpc) is 2.18. The number of aliphatic hydroxyl groups is 1. The van der Waals surface area contributed by atoms with Gasteiger partial charge in [0.25, 0.3) is 0 Å². The molecular formula is C12H17BrO2. The molecule has 15 heavy (non-hydrogen) atoms. The lowest BCUT2D eigenvalue weighted by atomic mass is 9.99. The summed E-state index contributed by atoms with van der Waals surface area (Å²) in [7, 11) is 1.65. The fourth-order valence-electron chi connectivity index (χ4n) is 1.37. The van der Waals surface area contributed by atoms with Gasteiger partial charge in [0.15, 0.2) is 0 Å². The molecule has 0 spiro atoms. The molecule has 1 aromatic rings. The molecule has 84 valence electrons. The molecule has 0 aliphatic heterocycles. The van der Waals surface area contributed by atoms with Crippen LogP contribution in [0.3, 0.4) is 0 Å². The van der Waals surface area contributed by atoms with E-state index in [9.17, 15) is 5.11 Å². The van der Waals surface area contributed by atoms with Gasteiger partial charge in [-0.1, -0.05) is 29.8 Å². The largest absolute Gasteiger partial charge is 0.496 e. The molecule has 1 atom stereocenters. The van der Waals surface area contributed by atoms with E-state index in [1.165, 1.54) is 0 Å². The van der Waals surface area contributed by atoms with E-state index in [0.29, 0.717) is 6.42 Å². The van der Waals surface area contributed by atoms with Crippen LogP contribution < -0.4 is 4.74 Å². The Balaban J connectivity index is 2.87. The van der Waals surface area contributed by atoms with Crippen molar-refractivity contribution in [2.45, 2.75) is 26.4 Å². The second-order valence-electron chi connectivity index (χ2n) is 3.97. The van der Waals surface area contributed by atoms with Gasteiger partial charge >= 0.3 is 0 Å². The van der Waals surface area contributed by atoms with Crippen LogP contribution in [0, 0.1) is 5.92 Å². The minimum absolute atomic E-state index is 0.258. The third kappa shape index (κ3) is 3.50. The van der Waals surface area contributed by atoms with E-state index < -0.39 is 0 Å². The van der Waals surface area contributed by atoms with E-state index in [0.717, 1.165) is 15.8 Å². The summed E-state index contributed by atoms with van der Waals surface area (Å²) in [5, 5.41) is 9.82. The number of halogens is 1. The lowest BCUT2D eigenvalue weighted by Gasteiger charge is -2.16. The number of hydrogen-bond acceptors (Lipinski definition) is 2. The van der Waals surface area contributed by atoms with Crippen molar-refractivity contribution >= 4 is 15.9 Å². The minimum Gasteiger partial charge on any atom is -0.496 e. The highest BCUT2D eigenvalue weighted by atomic mass is 79.9. The summed E-state index contributed by atoms with van der Waals surface area (Å²) in [6, 6.07) is 5.83. The molecule has 1 N–H and O–H groups in total. The quantitative estimate of drug-likeness (QED) is 0.913. The highest BCUT2D eigenvalue weighted by Gasteiger charge is 2.13. The van der Waals surface area contributed by atoms with Gasteiger partial charge in [0.1, 0.15) is 5.75 Å². The number of benzene rings is 1. The van der Waals surface area contributed by atoms with E-state index in [4.69, 9.17) is 4.74 Å². The van der Waals surface area contributed by atoms with Gasteiger partial charge < -0.3 is 9.84 Å². The van der Waals surface area contributed by atoms with Gasteiger partial charge in [-0.05, 0) is 29.7 Å². The molecule has 0 radical (unpaired) electrons. The highest BCUT2D eigenvalue weighted by molar-refractivity contribution is 9.10. The fraction of sp³-hybridized carbons (Fsp3) is 0.500. The first-order valence-corrected chi connectivity index (χ1v) is 5.84. The molecule has 3 heteroatoms. The zero-order valence-corrected chi connectivity index (χ0v) is 10.9. The summed E-state index contributed by atoms with van der Waals surface area (Å²) >= 11 is 3.42. The van der Waals surface area contributed by atoms with Crippen molar-refractivity contribution in [2.75, 3.05) is 7.11 Å². The predicted molar refractivity (Wildman–Crippen MR) is 65.2 cm³/mol. The van der Waals surface area contributed by atoms with Crippen LogP contribution in [0.1, 0.15) is 19.4 Å². The van der Waals surface area contributed by atoms with E-state index in [1.807, 2.05) is 32.0 Å². The second-order valence-corrected chi connectivity index (χ2v) is 4.89. The van der Waals surface area contributed by atoms with E-state index in [2.05, 4.69) is 15.9 Å². The Morgan fingerprint density at radius 2 is 2.07 bits per heavy atom. The van der Waals surface area contributed by atoms with Gasteiger partial charge in [-0.3, -0.25) is 0 Å². The number of rotatable bonds is 4. The normalized spacial score (nSPS) is 12.9. The van der Waals surface area contributed by atoms with Crippen LogP contribution in [0.2, 0.25) is 0 Å². The first-order chi connectivity index (χ1) is 7.04. The maximum atomic E-state index is 9.82. The molecule has 0 aliphatic carbocycles. The Hall–Kier alpha value is -0.540. The standard InChI is InChI=1S/C12H17BrO2/c1-8(2)11(14)7-9-6-10(13)4-5-12(9)15-3/h4-6,8,11,14H,7H2,1-3H3. The summed E-state index contributed by atoms with van der Waals surface area (Å²) in [5.41, 5.74) is 1.04. The highest BCUT2D eigenvalue weighted by Crippen LogP contribution is 2.25. The molecule has 0 amide bonds. The number of methoxy groups -OCH3 is 1. The summed E-state index contributed by atoms with van der Waals surface area (Å²) < 4.78 is 6.26. The van der Waals surface area contributed by atoms with E-state index >= 15 is 0 Å². The van der Waals surface area contributed by atoms with Gasteiger partial charge in [-0.25, -0.2) is 0 Å². The molecule has 0 fully saturated rings. The minimum atomic E-state index is -0.326. The molecule has 2 nitrogen and oxygen atoms in total. The van der Waals surface area contributed by atoms with Crippen molar-refractivity contribution < 1.29 is 9.84 Å². The van der Waals surface area contributed by atoms with Gasteiger partial charge in [0, 0.05) is 10.9 Å². The summed E-state index contributed by atoms with van der Waals surface area (Å²) in [5.74, 6) is 1.09. The van der Waals surface area contributed by atoms with Crippen LogP contribution in [-0.2, 0) is 6.42 Å². The van der Waals surface area contributed by atoms with Crippen LogP contribution in [-0.4, -0.2) is 18.3 Å². The zero-order valence-electron chi connectivity index (χ0n) is 9.33. The molecule has 0 bridgehead atoms. The third-order valence-electron chi connectivity index (χ3n) is 2.44. The Morgan fingerprint density at radius 1 is 1.40 bits per heavy atom. The average molecular weight is 273 g/mol. The van der Waals surface area contributed by atoms with Gasteiger partial charge in [-0.2, -0.15) is 0 Å². The Kier molecular flexibility index (Phi) is 4.61. The molecule has 1 rings (SSSR count). The maximum Gasteiger partial charge on any atom is 0.122 e. The number of hydrogen-bond donors (Lipinski definition) is 1. The molecule has 1 aromatic carbocycles. The van der Waals surface area contributed by atoms with Crippen molar-refractivity contribution in [1.29, 1.82) is 0 Å². The molecule has 0 aromatic heterocycles. The van der Waals surface area contributed by atoms with Crippen molar-refractivity contribution in [3.05, 3.63) is 28.2 Å². The molecular weight excluding hydrogens is 256 g/mol. The second kappa shape index (κ2) is 5.52. The van der Waals surface area contributed by atoms with Crippen molar-refractivity contribution in [3.8, 4) is 5.75 Å². The van der Waals surface area contributed by atoms with Crippen LogP contribution in [0.5, 0.6) is 5.75 Å².